The quantitative estimate of drug-likeness (QED) is 0.344. The maximum Gasteiger partial charge on any atom is 0.405 e. The lowest BCUT2D eigenvalue weighted by Crippen LogP contribution is -2.31. The summed E-state index contributed by atoms with van der Waals surface area (Å²) in [6.07, 6.45) is 3.63. The number of ether oxygens (including phenoxy) is 1. The van der Waals surface area contributed by atoms with Gasteiger partial charge in [-0.1, -0.05) is 41.4 Å². The molecular weight excluding hydrogens is 531 g/mol. The average Bonchev–Trinajstić information content (AvgIpc) is 3.31. The van der Waals surface area contributed by atoms with Gasteiger partial charge in [-0.2, -0.15) is 0 Å². The summed E-state index contributed by atoms with van der Waals surface area (Å²) in [5, 5.41) is 3.76. The molecule has 10 nitrogen and oxygen atoms in total. The van der Waals surface area contributed by atoms with Crippen LogP contribution in [0, 0.1) is 0 Å². The van der Waals surface area contributed by atoms with Gasteiger partial charge in [-0.05, 0) is 32.0 Å². The number of amides is 3. The summed E-state index contributed by atoms with van der Waals surface area (Å²) in [6.45, 7) is 3.30. The summed E-state index contributed by atoms with van der Waals surface area (Å²) in [6, 6.07) is 9.93. The minimum absolute atomic E-state index is 0.120. The number of primary amides is 1. The first-order chi connectivity index (χ1) is 17.9. The van der Waals surface area contributed by atoms with Crippen LogP contribution in [0.4, 0.5) is 10.5 Å². The highest BCUT2D eigenvalue weighted by molar-refractivity contribution is 6.40. The van der Waals surface area contributed by atoms with Crippen LogP contribution in [0.3, 0.4) is 0 Å². The molecule has 0 aliphatic carbocycles. The summed E-state index contributed by atoms with van der Waals surface area (Å²) >= 11 is 12.5. The second-order valence-electron chi connectivity index (χ2n) is 9.02. The van der Waals surface area contributed by atoms with Crippen molar-refractivity contribution in [3.63, 3.8) is 0 Å². The Balaban J connectivity index is 1.96. The number of nitrogens with one attached hydrogen (secondary N) is 1. The fourth-order valence-corrected chi connectivity index (χ4v) is 4.63. The zero-order chi connectivity index (χ0) is 27.8. The average molecular weight is 555 g/mol. The van der Waals surface area contributed by atoms with E-state index >= 15 is 0 Å². The Kier molecular flexibility index (Phi) is 7.30. The third-order valence-corrected chi connectivity index (χ3v) is 6.42. The van der Waals surface area contributed by atoms with E-state index in [1.165, 1.54) is 17.3 Å². The van der Waals surface area contributed by atoms with Gasteiger partial charge in [0.05, 0.1) is 32.5 Å². The molecule has 2 aromatic carbocycles. The van der Waals surface area contributed by atoms with Crippen molar-refractivity contribution in [3.05, 3.63) is 82.0 Å². The Morgan fingerprint density at radius 2 is 1.71 bits per heavy atom. The Morgan fingerprint density at radius 3 is 2.34 bits per heavy atom. The number of imidazole rings is 1. The van der Waals surface area contributed by atoms with E-state index < -0.39 is 17.6 Å². The van der Waals surface area contributed by atoms with Crippen LogP contribution in [-0.2, 0) is 10.3 Å². The van der Waals surface area contributed by atoms with Gasteiger partial charge < -0.3 is 20.7 Å². The molecule has 0 radical (unpaired) electrons. The molecule has 4 aromatic rings. The lowest BCUT2D eigenvalue weighted by molar-refractivity contribution is 0.0430. The van der Waals surface area contributed by atoms with Gasteiger partial charge in [0.1, 0.15) is 5.60 Å². The summed E-state index contributed by atoms with van der Waals surface area (Å²) in [5.74, 6) is -0.753. The first kappa shape index (κ1) is 26.9. The van der Waals surface area contributed by atoms with Crippen molar-refractivity contribution < 1.29 is 19.1 Å². The van der Waals surface area contributed by atoms with E-state index in [2.05, 4.69) is 15.3 Å². The predicted molar refractivity (Wildman–Crippen MR) is 145 cm³/mol. The van der Waals surface area contributed by atoms with Crippen molar-refractivity contribution in [2.75, 3.05) is 19.4 Å². The fraction of sp³-hybridized carbons (Fsp3) is 0.192. The molecule has 0 unspecified atom stereocenters. The third kappa shape index (κ3) is 5.00. The van der Waals surface area contributed by atoms with Crippen LogP contribution >= 0.6 is 23.2 Å². The number of aromatic nitrogens is 3. The van der Waals surface area contributed by atoms with Gasteiger partial charge in [0.2, 0.25) is 5.82 Å². The number of hydrogen-bond donors (Lipinski definition) is 2. The van der Waals surface area contributed by atoms with Crippen LogP contribution in [0.1, 0.15) is 40.4 Å². The molecule has 0 aliphatic rings. The maximum absolute atomic E-state index is 13.1. The Morgan fingerprint density at radius 1 is 1.05 bits per heavy atom. The maximum atomic E-state index is 13.1. The number of nitrogens with zero attached hydrogens (tertiary/aromatic N) is 4. The smallest absolute Gasteiger partial charge is 0.405 e. The lowest BCUT2D eigenvalue weighted by atomic mass is 9.95. The number of carbonyl (C=O) groups is 3. The zero-order valence-corrected chi connectivity index (χ0v) is 22.5. The monoisotopic (exact) mass is 554 g/mol. The largest absolute Gasteiger partial charge is 0.439 e. The highest BCUT2D eigenvalue weighted by Crippen LogP contribution is 2.37. The molecule has 196 valence electrons. The van der Waals surface area contributed by atoms with Crippen molar-refractivity contribution in [2.45, 2.75) is 19.4 Å². The van der Waals surface area contributed by atoms with Crippen molar-refractivity contribution in [1.82, 2.24) is 19.4 Å². The third-order valence-electron chi connectivity index (χ3n) is 5.79. The molecule has 12 heteroatoms. The number of carbonyl (C=O) groups excluding carboxylic acids is 3. The standard InChI is InChI=1S/C26H24Cl2N6O4/c1-26(2,38-25(29)37)15-13-31-20-14(21(15)34-12-11-30-22(34)24(36)33(3)4)7-5-10-18(20)32-23(35)19-16(27)8-6-9-17(19)28/h5-13H,1-4H3,(H2,29,37)(H,32,35). The van der Waals surface area contributed by atoms with Crippen LogP contribution in [0.25, 0.3) is 16.6 Å². The number of anilines is 1. The highest BCUT2D eigenvalue weighted by atomic mass is 35.5. The van der Waals surface area contributed by atoms with Crippen molar-refractivity contribution in [1.29, 1.82) is 0 Å². The Bertz CT molecular complexity index is 1560. The predicted octanol–water partition coefficient (Wildman–Crippen LogP) is 5.01. The molecule has 4 rings (SSSR count). The fourth-order valence-electron chi connectivity index (χ4n) is 4.06. The van der Waals surface area contributed by atoms with Crippen LogP contribution in [0.15, 0.2) is 55.0 Å². The molecule has 38 heavy (non-hydrogen) atoms. The zero-order valence-electron chi connectivity index (χ0n) is 21.0. The molecule has 2 aromatic heterocycles. The summed E-state index contributed by atoms with van der Waals surface area (Å²) in [7, 11) is 3.22. The van der Waals surface area contributed by atoms with Gasteiger partial charge in [0, 0.05) is 43.6 Å². The molecule has 3 N–H and O–H groups in total. The number of hydrogen-bond acceptors (Lipinski definition) is 6. The molecular formula is C26H24Cl2N6O4. The van der Waals surface area contributed by atoms with Gasteiger partial charge in [0.25, 0.3) is 11.8 Å². The van der Waals surface area contributed by atoms with Crippen molar-refractivity contribution >= 4 is 57.7 Å². The lowest BCUT2D eigenvalue weighted by Gasteiger charge is -2.28. The van der Waals surface area contributed by atoms with E-state index in [9.17, 15) is 14.4 Å². The molecule has 0 spiro atoms. The number of pyridine rings is 1. The molecule has 2 heterocycles. The summed E-state index contributed by atoms with van der Waals surface area (Å²) in [5.41, 5.74) is 5.91. The van der Waals surface area contributed by atoms with Crippen LogP contribution in [0.5, 0.6) is 0 Å². The van der Waals surface area contributed by atoms with E-state index in [4.69, 9.17) is 33.7 Å². The van der Waals surface area contributed by atoms with E-state index in [1.54, 1.807) is 75.1 Å². The molecule has 0 atom stereocenters. The molecule has 0 fully saturated rings. The summed E-state index contributed by atoms with van der Waals surface area (Å²) < 4.78 is 7.00. The van der Waals surface area contributed by atoms with Crippen LogP contribution in [-0.4, -0.2) is 51.4 Å². The van der Waals surface area contributed by atoms with E-state index in [0.29, 0.717) is 27.8 Å². The number of fused-ring (bicyclic) bond motifs is 1. The number of halogens is 2. The molecule has 3 amide bonds. The van der Waals surface area contributed by atoms with Gasteiger partial charge in [0.15, 0.2) is 0 Å². The van der Waals surface area contributed by atoms with Crippen LogP contribution < -0.4 is 11.1 Å². The van der Waals surface area contributed by atoms with Crippen LogP contribution in [0.2, 0.25) is 10.0 Å². The minimum atomic E-state index is -1.24. The molecule has 0 saturated heterocycles. The first-order valence-electron chi connectivity index (χ1n) is 11.3. The highest BCUT2D eigenvalue weighted by Gasteiger charge is 2.32. The van der Waals surface area contributed by atoms with Gasteiger partial charge in [-0.3, -0.25) is 19.1 Å². The second-order valence-corrected chi connectivity index (χ2v) is 9.84. The van der Waals surface area contributed by atoms with E-state index in [-0.39, 0.29) is 27.3 Å². The van der Waals surface area contributed by atoms with Gasteiger partial charge in [-0.25, -0.2) is 9.78 Å². The Labute approximate surface area is 228 Å². The van der Waals surface area contributed by atoms with Crippen molar-refractivity contribution in [3.8, 4) is 5.69 Å². The molecule has 0 aliphatic heterocycles. The number of nitrogens with two attached hydrogens (primary N) is 1. The van der Waals surface area contributed by atoms with Gasteiger partial charge in [-0.15, -0.1) is 0 Å². The second kappa shape index (κ2) is 10.3. The first-order valence-corrected chi connectivity index (χ1v) is 12.1. The van der Waals surface area contributed by atoms with E-state index in [1.807, 2.05) is 0 Å². The molecule has 0 bridgehead atoms. The SMILES string of the molecule is CN(C)C(=O)c1nccn1-c1c(C(C)(C)OC(N)=O)cnc2c(NC(=O)c3c(Cl)cccc3Cl)cccc12. The minimum Gasteiger partial charge on any atom is -0.439 e. The number of rotatable bonds is 6. The normalized spacial score (nSPS) is 11.3. The summed E-state index contributed by atoms with van der Waals surface area (Å²) in [4.78, 5) is 48.0. The topological polar surface area (TPSA) is 132 Å². The van der Waals surface area contributed by atoms with Gasteiger partial charge >= 0.3 is 6.09 Å². The van der Waals surface area contributed by atoms with Crippen molar-refractivity contribution in [2.24, 2.45) is 5.73 Å². The number of para-hydroxylation sites is 1. The number of benzene rings is 2. The Hall–Kier alpha value is -4.15. The molecule has 0 saturated carbocycles. The van der Waals surface area contributed by atoms with E-state index in [0.717, 1.165) is 0 Å².